The second kappa shape index (κ2) is 12.3. The van der Waals surface area contributed by atoms with Crippen molar-refractivity contribution < 1.29 is 9.59 Å². The number of aliphatic imine (C=N–C) groups is 2. The Morgan fingerprint density at radius 1 is 1.24 bits per heavy atom. The smallest absolute Gasteiger partial charge is 0.202 e. The summed E-state index contributed by atoms with van der Waals surface area (Å²) in [7, 11) is 0. The van der Waals surface area contributed by atoms with E-state index >= 15 is 0 Å². The highest BCUT2D eigenvalue weighted by atomic mass is 16.1. The topological polar surface area (TPSA) is 58.9 Å². The van der Waals surface area contributed by atoms with E-state index in [1.165, 1.54) is 13.8 Å². The molecular weight excluding hydrogens is 216 g/mol. The Bertz CT molecular complexity index is 346. The predicted molar refractivity (Wildman–Crippen MR) is 71.8 cm³/mol. The zero-order valence-corrected chi connectivity index (χ0v) is 11.2. The lowest BCUT2D eigenvalue weighted by atomic mass is 10.2. The predicted octanol–water partition coefficient (Wildman–Crippen LogP) is 1.72. The van der Waals surface area contributed by atoms with Crippen molar-refractivity contribution in [2.24, 2.45) is 9.98 Å². The van der Waals surface area contributed by atoms with Gasteiger partial charge in [-0.15, -0.1) is 0 Å². The first-order valence-electron chi connectivity index (χ1n) is 5.37. The molecule has 0 amide bonds. The van der Waals surface area contributed by atoms with E-state index in [9.17, 15) is 9.59 Å². The van der Waals surface area contributed by atoms with Crippen LogP contribution in [0.1, 0.15) is 34.6 Å². The second-order valence-electron chi connectivity index (χ2n) is 3.15. The average Bonchev–Trinajstić information content (AvgIpc) is 2.25. The fourth-order valence-corrected chi connectivity index (χ4v) is 0.630. The molecule has 0 rings (SSSR count). The van der Waals surface area contributed by atoms with Crippen molar-refractivity contribution in [1.29, 1.82) is 0 Å². The third-order valence-corrected chi connectivity index (χ3v) is 1.58. The van der Waals surface area contributed by atoms with Crippen LogP contribution in [0.3, 0.4) is 0 Å². The molecule has 0 aliphatic heterocycles. The Morgan fingerprint density at radius 2 is 1.82 bits per heavy atom. The van der Waals surface area contributed by atoms with E-state index in [1.807, 2.05) is 6.92 Å². The lowest BCUT2D eigenvalue weighted by molar-refractivity contribution is -0.117. The van der Waals surface area contributed by atoms with Gasteiger partial charge in [-0.2, -0.15) is 0 Å². The van der Waals surface area contributed by atoms with Gasteiger partial charge in [-0.25, -0.2) is 0 Å². The number of nitrogens with zero attached hydrogens (tertiary/aromatic N) is 2. The van der Waals surface area contributed by atoms with Crippen LogP contribution < -0.4 is 0 Å². The molecule has 1 atom stereocenters. The molecule has 1 unspecified atom stereocenters. The van der Waals surface area contributed by atoms with E-state index in [2.05, 4.69) is 21.8 Å². The Kier molecular flexibility index (Phi) is 12.8. The first kappa shape index (κ1) is 17.6. The summed E-state index contributed by atoms with van der Waals surface area (Å²) in [6, 6.07) is -0.153. The molecule has 0 N–H and O–H groups in total. The molecule has 0 aromatic rings. The normalized spacial score (nSPS) is 11.4. The minimum atomic E-state index is -0.153. The Labute approximate surface area is 103 Å². The second-order valence-corrected chi connectivity index (χ2v) is 3.15. The van der Waals surface area contributed by atoms with Crippen LogP contribution in [0.4, 0.5) is 0 Å². The van der Waals surface area contributed by atoms with Gasteiger partial charge in [0, 0.05) is 6.92 Å². The summed E-state index contributed by atoms with van der Waals surface area (Å²) < 4.78 is 0. The molecule has 0 saturated carbocycles. The summed E-state index contributed by atoms with van der Waals surface area (Å²) in [5.74, 6) is 4.97. The van der Waals surface area contributed by atoms with Gasteiger partial charge in [0.2, 0.25) is 5.78 Å². The third kappa shape index (κ3) is 16.9. The van der Waals surface area contributed by atoms with Gasteiger partial charge in [-0.1, -0.05) is 5.92 Å². The summed E-state index contributed by atoms with van der Waals surface area (Å²) in [5, 5.41) is 0. The van der Waals surface area contributed by atoms with Crippen LogP contribution in [0.15, 0.2) is 9.98 Å². The van der Waals surface area contributed by atoms with Crippen molar-refractivity contribution >= 4 is 24.0 Å². The maximum atomic E-state index is 10.4. The number of Topliss-reactive ketones (excluding diaryl/α,β-unsaturated/α-hetero) is 2. The SMILES string of the molecule is CC=NC(C)C(C)=O.CC=NCC#CC(C)=O. The highest BCUT2D eigenvalue weighted by Crippen LogP contribution is 1.87. The van der Waals surface area contributed by atoms with Crippen LogP contribution in [0.25, 0.3) is 0 Å². The van der Waals surface area contributed by atoms with Gasteiger partial charge in [-0.05, 0) is 46.0 Å². The number of hydrogen-bond acceptors (Lipinski definition) is 4. The zero-order valence-electron chi connectivity index (χ0n) is 11.2. The third-order valence-electron chi connectivity index (χ3n) is 1.58. The standard InChI is InChI=1S/C7H9NO.C6H11NO/c1-3-8-6-4-5-7(2)9;1-4-7-5(2)6(3)8/h3H,6H2,1-2H3;4-5H,1-3H3. The summed E-state index contributed by atoms with van der Waals surface area (Å²) in [4.78, 5) is 28.2. The molecule has 0 aromatic heterocycles. The molecule has 0 spiro atoms. The molecule has 0 aliphatic carbocycles. The molecule has 0 fully saturated rings. The maximum Gasteiger partial charge on any atom is 0.202 e. The van der Waals surface area contributed by atoms with Crippen molar-refractivity contribution in [2.45, 2.75) is 40.7 Å². The molecule has 0 aromatic carbocycles. The van der Waals surface area contributed by atoms with Gasteiger partial charge in [0.1, 0.15) is 6.04 Å². The van der Waals surface area contributed by atoms with Crippen LogP contribution >= 0.6 is 0 Å². The molecule has 0 bridgehead atoms. The lowest BCUT2D eigenvalue weighted by Gasteiger charge is -1.95. The summed E-state index contributed by atoms with van der Waals surface area (Å²) in [6.45, 7) is 8.80. The van der Waals surface area contributed by atoms with E-state index in [4.69, 9.17) is 0 Å². The maximum absolute atomic E-state index is 10.4. The van der Waals surface area contributed by atoms with Gasteiger partial charge in [-0.3, -0.25) is 19.6 Å². The molecule has 0 heterocycles. The molecule has 4 nitrogen and oxygen atoms in total. The zero-order chi connectivity index (χ0) is 13.7. The van der Waals surface area contributed by atoms with Crippen molar-refractivity contribution in [2.75, 3.05) is 6.54 Å². The van der Waals surface area contributed by atoms with E-state index in [-0.39, 0.29) is 17.6 Å². The Hall–Kier alpha value is -1.76. The Balaban J connectivity index is 0. The van der Waals surface area contributed by atoms with Gasteiger partial charge >= 0.3 is 0 Å². The number of carbonyl (C=O) groups excluding carboxylic acids is 2. The summed E-state index contributed by atoms with van der Waals surface area (Å²) in [6.07, 6.45) is 3.31. The summed E-state index contributed by atoms with van der Waals surface area (Å²) >= 11 is 0. The summed E-state index contributed by atoms with van der Waals surface area (Å²) in [5.41, 5.74) is 0. The van der Waals surface area contributed by atoms with Gasteiger partial charge < -0.3 is 0 Å². The largest absolute Gasteiger partial charge is 0.298 e. The lowest BCUT2D eigenvalue weighted by Crippen LogP contribution is -2.09. The fraction of sp³-hybridized carbons (Fsp3) is 0.538. The number of rotatable bonds is 3. The van der Waals surface area contributed by atoms with Crippen LogP contribution in [-0.2, 0) is 9.59 Å². The minimum absolute atomic E-state index is 0.110. The van der Waals surface area contributed by atoms with Crippen LogP contribution in [0.5, 0.6) is 0 Å². The van der Waals surface area contributed by atoms with E-state index in [0.717, 1.165) is 0 Å². The molecule has 0 saturated heterocycles. The number of hydrogen-bond donors (Lipinski definition) is 0. The van der Waals surface area contributed by atoms with Crippen LogP contribution in [0, 0.1) is 11.8 Å². The molecule has 4 heteroatoms. The van der Waals surface area contributed by atoms with E-state index in [1.54, 1.807) is 26.3 Å². The number of carbonyl (C=O) groups is 2. The van der Waals surface area contributed by atoms with Crippen molar-refractivity contribution in [3.05, 3.63) is 0 Å². The van der Waals surface area contributed by atoms with E-state index < -0.39 is 0 Å². The average molecular weight is 236 g/mol. The van der Waals surface area contributed by atoms with Crippen molar-refractivity contribution in [3.63, 3.8) is 0 Å². The number of ketones is 2. The first-order chi connectivity index (χ1) is 7.95. The quantitative estimate of drug-likeness (QED) is 0.425. The monoisotopic (exact) mass is 236 g/mol. The van der Waals surface area contributed by atoms with Crippen LogP contribution in [0.2, 0.25) is 0 Å². The minimum Gasteiger partial charge on any atom is -0.298 e. The van der Waals surface area contributed by atoms with Gasteiger partial charge in [0.15, 0.2) is 5.78 Å². The van der Waals surface area contributed by atoms with Crippen molar-refractivity contribution in [3.8, 4) is 11.8 Å². The fourth-order valence-electron chi connectivity index (χ4n) is 0.630. The van der Waals surface area contributed by atoms with Gasteiger partial charge in [0.25, 0.3) is 0 Å². The van der Waals surface area contributed by atoms with Crippen molar-refractivity contribution in [1.82, 2.24) is 0 Å². The highest BCUT2D eigenvalue weighted by molar-refractivity contribution is 5.93. The Morgan fingerprint density at radius 3 is 2.12 bits per heavy atom. The van der Waals surface area contributed by atoms with Gasteiger partial charge in [0.05, 0.1) is 6.54 Å². The molecule has 0 radical (unpaired) electrons. The molecule has 0 aliphatic rings. The molecule has 94 valence electrons. The molecule has 17 heavy (non-hydrogen) atoms. The highest BCUT2D eigenvalue weighted by Gasteiger charge is 2.00. The molecular formula is C13H20N2O2. The van der Waals surface area contributed by atoms with E-state index in [0.29, 0.717) is 6.54 Å². The van der Waals surface area contributed by atoms with Crippen LogP contribution in [-0.4, -0.2) is 36.6 Å². The first-order valence-corrected chi connectivity index (χ1v) is 5.37.